The molecule has 0 saturated heterocycles. The van der Waals surface area contributed by atoms with E-state index >= 15 is 0 Å². The lowest BCUT2D eigenvalue weighted by molar-refractivity contribution is 0.366. The Labute approximate surface area is 131 Å². The molecule has 3 nitrogen and oxygen atoms in total. The van der Waals surface area contributed by atoms with Crippen LogP contribution in [0.25, 0.3) is 0 Å². The first kappa shape index (κ1) is 17.3. The van der Waals surface area contributed by atoms with Crippen LogP contribution in [0.3, 0.4) is 0 Å². The highest BCUT2D eigenvalue weighted by atomic mass is 32.2. The van der Waals surface area contributed by atoms with E-state index in [1.807, 2.05) is 6.92 Å². The minimum atomic E-state index is -3.07. The van der Waals surface area contributed by atoms with Gasteiger partial charge in [0, 0.05) is 18.8 Å². The summed E-state index contributed by atoms with van der Waals surface area (Å²) in [5.74, 6) is -1.72. The molecule has 22 heavy (non-hydrogen) atoms. The van der Waals surface area contributed by atoms with Crippen molar-refractivity contribution in [2.75, 3.05) is 12.8 Å². The summed E-state index contributed by atoms with van der Waals surface area (Å²) in [6.07, 6.45) is 4.77. The first-order chi connectivity index (χ1) is 10.3. The molecule has 1 fully saturated rings. The van der Waals surface area contributed by atoms with Crippen molar-refractivity contribution in [3.63, 3.8) is 0 Å². The predicted molar refractivity (Wildman–Crippen MR) is 83.7 cm³/mol. The molecule has 0 aromatic heterocycles. The van der Waals surface area contributed by atoms with Crippen LogP contribution < -0.4 is 5.32 Å². The first-order valence-electron chi connectivity index (χ1n) is 7.66. The molecule has 124 valence electrons. The number of benzene rings is 1. The SMILES string of the molecule is CC(CNC1CCCCC1S(C)(=O)=O)c1ccc(F)c(F)c1. The zero-order valence-corrected chi connectivity index (χ0v) is 13.8. The quantitative estimate of drug-likeness (QED) is 0.902. The van der Waals surface area contributed by atoms with Crippen LogP contribution in [0.5, 0.6) is 0 Å². The average Bonchev–Trinajstić information content (AvgIpc) is 2.47. The molecule has 1 N–H and O–H groups in total. The maximum atomic E-state index is 13.3. The molecule has 6 heteroatoms. The van der Waals surface area contributed by atoms with E-state index in [1.165, 1.54) is 12.3 Å². The Kier molecular flexibility index (Phi) is 5.55. The van der Waals surface area contributed by atoms with Crippen LogP contribution in [0.1, 0.15) is 44.1 Å². The van der Waals surface area contributed by atoms with Crippen molar-refractivity contribution in [2.24, 2.45) is 0 Å². The fourth-order valence-electron chi connectivity index (χ4n) is 3.11. The fourth-order valence-corrected chi connectivity index (χ4v) is 4.53. The standard InChI is InChI=1S/C16H23F2NO2S/c1-11(12-7-8-13(17)14(18)9-12)10-19-15-5-3-4-6-16(15)22(2,20)21/h7-9,11,15-16,19H,3-6,10H2,1-2H3. The second-order valence-electron chi connectivity index (χ2n) is 6.24. The van der Waals surface area contributed by atoms with Gasteiger partial charge in [-0.2, -0.15) is 0 Å². The van der Waals surface area contributed by atoms with Gasteiger partial charge in [-0.3, -0.25) is 0 Å². The maximum Gasteiger partial charge on any atom is 0.159 e. The summed E-state index contributed by atoms with van der Waals surface area (Å²) in [7, 11) is -3.07. The van der Waals surface area contributed by atoms with Crippen molar-refractivity contribution in [2.45, 2.75) is 49.8 Å². The van der Waals surface area contributed by atoms with E-state index < -0.39 is 21.5 Å². The molecule has 1 aliphatic rings. The third-order valence-electron chi connectivity index (χ3n) is 4.45. The number of sulfone groups is 1. The molecular weight excluding hydrogens is 308 g/mol. The number of hydrogen-bond donors (Lipinski definition) is 1. The van der Waals surface area contributed by atoms with E-state index in [0.717, 1.165) is 25.3 Å². The summed E-state index contributed by atoms with van der Waals surface area (Å²) >= 11 is 0. The molecule has 0 heterocycles. The first-order valence-corrected chi connectivity index (χ1v) is 9.61. The van der Waals surface area contributed by atoms with Crippen LogP contribution in [0.2, 0.25) is 0 Å². The maximum absolute atomic E-state index is 13.3. The summed E-state index contributed by atoms with van der Waals surface area (Å²) in [6.45, 7) is 2.46. The third kappa shape index (κ3) is 4.26. The molecule has 1 aliphatic carbocycles. The van der Waals surface area contributed by atoms with Crippen molar-refractivity contribution in [3.8, 4) is 0 Å². The van der Waals surface area contributed by atoms with E-state index in [1.54, 1.807) is 6.07 Å². The number of halogens is 2. The topological polar surface area (TPSA) is 46.2 Å². The molecule has 3 atom stereocenters. The van der Waals surface area contributed by atoms with Crippen molar-refractivity contribution in [1.82, 2.24) is 5.32 Å². The Hall–Kier alpha value is -1.01. The Balaban J connectivity index is 1.99. The van der Waals surface area contributed by atoms with Gasteiger partial charge in [0.1, 0.15) is 0 Å². The van der Waals surface area contributed by atoms with Crippen LogP contribution in [-0.4, -0.2) is 32.5 Å². The molecular formula is C16H23F2NO2S. The van der Waals surface area contributed by atoms with Gasteiger partial charge in [-0.05, 0) is 36.5 Å². The van der Waals surface area contributed by atoms with E-state index in [2.05, 4.69) is 5.32 Å². The highest BCUT2D eigenvalue weighted by Crippen LogP contribution is 2.25. The van der Waals surface area contributed by atoms with Gasteiger partial charge in [0.05, 0.1) is 5.25 Å². The largest absolute Gasteiger partial charge is 0.312 e. The fraction of sp³-hybridized carbons (Fsp3) is 0.625. The number of rotatable bonds is 5. The van der Waals surface area contributed by atoms with Gasteiger partial charge in [0.2, 0.25) is 0 Å². The van der Waals surface area contributed by atoms with E-state index in [4.69, 9.17) is 0 Å². The highest BCUT2D eigenvalue weighted by molar-refractivity contribution is 7.91. The average molecular weight is 331 g/mol. The normalized spacial score (nSPS) is 24.2. The number of nitrogens with one attached hydrogen (secondary N) is 1. The second kappa shape index (κ2) is 7.04. The molecule has 0 amide bonds. The highest BCUT2D eigenvalue weighted by Gasteiger charge is 2.32. The molecule has 0 radical (unpaired) electrons. The van der Waals surface area contributed by atoms with Gasteiger partial charge in [-0.25, -0.2) is 17.2 Å². The summed E-state index contributed by atoms with van der Waals surface area (Å²) in [4.78, 5) is 0. The van der Waals surface area contributed by atoms with Crippen LogP contribution in [0, 0.1) is 11.6 Å². The zero-order valence-electron chi connectivity index (χ0n) is 13.0. The Morgan fingerprint density at radius 1 is 1.23 bits per heavy atom. The molecule has 0 aliphatic heterocycles. The second-order valence-corrected chi connectivity index (χ2v) is 8.51. The lowest BCUT2D eigenvalue weighted by atomic mass is 9.93. The lowest BCUT2D eigenvalue weighted by Gasteiger charge is -2.32. The molecule has 0 spiro atoms. The van der Waals surface area contributed by atoms with Gasteiger partial charge < -0.3 is 5.32 Å². The van der Waals surface area contributed by atoms with Crippen LogP contribution >= 0.6 is 0 Å². The minimum absolute atomic E-state index is 0.0164. The summed E-state index contributed by atoms with van der Waals surface area (Å²) in [6, 6.07) is 3.84. The molecule has 1 saturated carbocycles. The van der Waals surface area contributed by atoms with Crippen molar-refractivity contribution in [3.05, 3.63) is 35.4 Å². The molecule has 3 unspecified atom stereocenters. The molecule has 1 aromatic carbocycles. The molecule has 1 aromatic rings. The Morgan fingerprint density at radius 2 is 1.91 bits per heavy atom. The smallest absolute Gasteiger partial charge is 0.159 e. The monoisotopic (exact) mass is 331 g/mol. The van der Waals surface area contributed by atoms with E-state index in [-0.39, 0.29) is 17.2 Å². The third-order valence-corrected chi connectivity index (χ3v) is 6.12. The van der Waals surface area contributed by atoms with Crippen LogP contribution in [0.15, 0.2) is 18.2 Å². The van der Waals surface area contributed by atoms with Gasteiger partial charge in [0.15, 0.2) is 21.5 Å². The summed E-state index contributed by atoms with van der Waals surface area (Å²) < 4.78 is 50.0. The zero-order chi connectivity index (χ0) is 16.3. The Morgan fingerprint density at radius 3 is 2.55 bits per heavy atom. The molecule has 0 bridgehead atoms. The van der Waals surface area contributed by atoms with Crippen LogP contribution in [-0.2, 0) is 9.84 Å². The summed E-state index contributed by atoms with van der Waals surface area (Å²) in [5, 5.41) is 2.97. The van der Waals surface area contributed by atoms with Gasteiger partial charge >= 0.3 is 0 Å². The summed E-state index contributed by atoms with van der Waals surface area (Å²) in [5.41, 5.74) is 0.707. The van der Waals surface area contributed by atoms with Crippen LogP contribution in [0.4, 0.5) is 8.78 Å². The van der Waals surface area contributed by atoms with Crippen molar-refractivity contribution in [1.29, 1.82) is 0 Å². The predicted octanol–water partition coefficient (Wildman–Crippen LogP) is 3.01. The number of hydrogen-bond acceptors (Lipinski definition) is 3. The minimum Gasteiger partial charge on any atom is -0.312 e. The molecule has 2 rings (SSSR count). The van der Waals surface area contributed by atoms with E-state index in [0.29, 0.717) is 18.5 Å². The lowest BCUT2D eigenvalue weighted by Crippen LogP contribution is -2.47. The Bertz CT molecular complexity index is 619. The van der Waals surface area contributed by atoms with Gasteiger partial charge in [-0.1, -0.05) is 25.8 Å². The van der Waals surface area contributed by atoms with Crippen molar-refractivity contribution >= 4 is 9.84 Å². The van der Waals surface area contributed by atoms with Gasteiger partial charge in [-0.15, -0.1) is 0 Å². The van der Waals surface area contributed by atoms with Gasteiger partial charge in [0.25, 0.3) is 0 Å². The van der Waals surface area contributed by atoms with Crippen molar-refractivity contribution < 1.29 is 17.2 Å². The van der Waals surface area contributed by atoms with E-state index in [9.17, 15) is 17.2 Å².